The minimum atomic E-state index is -0.695. The van der Waals surface area contributed by atoms with Gasteiger partial charge in [-0.2, -0.15) is 0 Å². The third-order valence-electron chi connectivity index (χ3n) is 5.52. The van der Waals surface area contributed by atoms with Gasteiger partial charge in [0.05, 0.1) is 16.6 Å². The summed E-state index contributed by atoms with van der Waals surface area (Å²) in [5, 5.41) is 3.53. The van der Waals surface area contributed by atoms with E-state index in [0.29, 0.717) is 24.3 Å². The van der Waals surface area contributed by atoms with E-state index in [-0.39, 0.29) is 27.5 Å². The van der Waals surface area contributed by atoms with E-state index in [1.165, 1.54) is 16.9 Å². The summed E-state index contributed by atoms with van der Waals surface area (Å²) in [5.74, 6) is -1.35. The summed E-state index contributed by atoms with van der Waals surface area (Å²) in [6.07, 6.45) is 1.35. The molecule has 8 heteroatoms. The fourth-order valence-electron chi connectivity index (χ4n) is 3.90. The number of halogens is 2. The molecule has 1 N–H and O–H groups in total. The van der Waals surface area contributed by atoms with Crippen LogP contribution in [0.2, 0.25) is 0 Å². The van der Waals surface area contributed by atoms with Gasteiger partial charge in [0.15, 0.2) is 5.82 Å². The number of piperazine rings is 1. The van der Waals surface area contributed by atoms with Crippen LogP contribution in [0.15, 0.2) is 47.4 Å². The Kier molecular flexibility index (Phi) is 4.09. The van der Waals surface area contributed by atoms with E-state index in [0.717, 1.165) is 13.1 Å². The van der Waals surface area contributed by atoms with Crippen molar-refractivity contribution in [2.75, 3.05) is 38.1 Å². The van der Waals surface area contributed by atoms with Gasteiger partial charge in [-0.15, -0.1) is 0 Å². The molecule has 5 rings (SSSR count). The standard InChI is InChI=1S/C21H19F2N5O/c1-26-7-9-27(10-8-26)20-16(22)11-14-18-15(12-24-19(14)17(20)23)21(29)28(25-18)13-5-3-2-4-6-13/h2-6,11-12,25H,7-10H2,1H3. The number of likely N-dealkylation sites (N-methyl/N-ethyl adjacent to an activating group) is 1. The normalized spacial score (nSPS) is 15.5. The Balaban J connectivity index is 1.71. The summed E-state index contributed by atoms with van der Waals surface area (Å²) in [7, 11) is 1.98. The summed E-state index contributed by atoms with van der Waals surface area (Å²) in [5.41, 5.74) is 0.685. The second-order valence-corrected chi connectivity index (χ2v) is 7.34. The Morgan fingerprint density at radius 1 is 1.03 bits per heavy atom. The number of aromatic amines is 1. The van der Waals surface area contributed by atoms with Gasteiger partial charge in [0.25, 0.3) is 5.56 Å². The van der Waals surface area contributed by atoms with Gasteiger partial charge < -0.3 is 9.80 Å². The molecular weight excluding hydrogens is 376 g/mol. The molecule has 1 aliphatic rings. The van der Waals surface area contributed by atoms with Crippen LogP contribution in [0.1, 0.15) is 0 Å². The highest BCUT2D eigenvalue weighted by Gasteiger charge is 2.25. The molecule has 6 nitrogen and oxygen atoms in total. The van der Waals surface area contributed by atoms with Crippen LogP contribution in [-0.2, 0) is 0 Å². The summed E-state index contributed by atoms with van der Waals surface area (Å²) < 4.78 is 31.7. The zero-order valence-corrected chi connectivity index (χ0v) is 15.8. The second kappa shape index (κ2) is 6.66. The average molecular weight is 395 g/mol. The fourth-order valence-corrected chi connectivity index (χ4v) is 3.90. The van der Waals surface area contributed by atoms with E-state index in [2.05, 4.69) is 15.0 Å². The van der Waals surface area contributed by atoms with Gasteiger partial charge in [0.1, 0.15) is 17.0 Å². The molecule has 2 aromatic heterocycles. The number of nitrogens with one attached hydrogen (secondary N) is 1. The minimum Gasteiger partial charge on any atom is -0.364 e. The first-order valence-electron chi connectivity index (χ1n) is 9.45. The highest BCUT2D eigenvalue weighted by Crippen LogP contribution is 2.32. The fraction of sp³-hybridized carbons (Fsp3) is 0.238. The van der Waals surface area contributed by atoms with Crippen molar-refractivity contribution in [2.24, 2.45) is 0 Å². The number of hydrogen-bond acceptors (Lipinski definition) is 4. The first-order valence-corrected chi connectivity index (χ1v) is 9.45. The van der Waals surface area contributed by atoms with Crippen molar-refractivity contribution in [3.63, 3.8) is 0 Å². The predicted octanol–water partition coefficient (Wildman–Crippen LogP) is 2.90. The number of H-pyrrole nitrogens is 1. The molecule has 1 saturated heterocycles. The van der Waals surface area contributed by atoms with Crippen LogP contribution in [0, 0.1) is 11.6 Å². The molecule has 1 aliphatic heterocycles. The number of rotatable bonds is 2. The number of para-hydroxylation sites is 1. The molecule has 1 fully saturated rings. The molecule has 2 aromatic carbocycles. The first-order chi connectivity index (χ1) is 14.0. The lowest BCUT2D eigenvalue weighted by atomic mass is 10.1. The van der Waals surface area contributed by atoms with Gasteiger partial charge in [-0.25, -0.2) is 13.5 Å². The van der Waals surface area contributed by atoms with E-state index >= 15 is 4.39 Å². The Morgan fingerprint density at radius 2 is 1.76 bits per heavy atom. The lowest BCUT2D eigenvalue weighted by molar-refractivity contribution is 0.310. The molecular formula is C21H19F2N5O. The zero-order valence-electron chi connectivity index (χ0n) is 15.8. The number of benzene rings is 2. The first kappa shape index (κ1) is 17.8. The smallest absolute Gasteiger partial charge is 0.280 e. The highest BCUT2D eigenvalue weighted by atomic mass is 19.1. The van der Waals surface area contributed by atoms with Crippen LogP contribution in [0.4, 0.5) is 14.5 Å². The number of fused-ring (bicyclic) bond motifs is 3. The van der Waals surface area contributed by atoms with Crippen LogP contribution >= 0.6 is 0 Å². The van der Waals surface area contributed by atoms with Crippen LogP contribution in [-0.4, -0.2) is 52.9 Å². The Bertz CT molecular complexity index is 1270. The van der Waals surface area contributed by atoms with Crippen LogP contribution in [0.5, 0.6) is 0 Å². The van der Waals surface area contributed by atoms with Gasteiger partial charge in [-0.1, -0.05) is 18.2 Å². The van der Waals surface area contributed by atoms with Gasteiger partial charge >= 0.3 is 0 Å². The molecule has 3 heterocycles. The molecule has 0 unspecified atom stereocenters. The molecule has 148 valence electrons. The lowest BCUT2D eigenvalue weighted by Crippen LogP contribution is -2.45. The highest BCUT2D eigenvalue weighted by molar-refractivity contribution is 6.04. The Labute approximate surface area is 165 Å². The van der Waals surface area contributed by atoms with Crippen molar-refractivity contribution in [2.45, 2.75) is 0 Å². The molecule has 0 atom stereocenters. The van der Waals surface area contributed by atoms with Crippen molar-refractivity contribution in [3.8, 4) is 5.69 Å². The maximum absolute atomic E-state index is 15.3. The van der Waals surface area contributed by atoms with Gasteiger partial charge in [0, 0.05) is 37.8 Å². The molecule has 0 saturated carbocycles. The van der Waals surface area contributed by atoms with Gasteiger partial charge in [-0.3, -0.25) is 14.9 Å². The van der Waals surface area contributed by atoms with E-state index in [1.807, 2.05) is 25.2 Å². The maximum atomic E-state index is 15.3. The maximum Gasteiger partial charge on any atom is 0.280 e. The molecule has 0 spiro atoms. The van der Waals surface area contributed by atoms with E-state index < -0.39 is 11.6 Å². The number of nitrogens with zero attached hydrogens (tertiary/aromatic N) is 4. The summed E-state index contributed by atoms with van der Waals surface area (Å²) in [6, 6.07) is 10.3. The number of pyridine rings is 1. The summed E-state index contributed by atoms with van der Waals surface area (Å²) >= 11 is 0. The molecule has 0 radical (unpaired) electrons. The number of hydrogen-bond donors (Lipinski definition) is 1. The topological polar surface area (TPSA) is 57.2 Å². The van der Waals surface area contributed by atoms with E-state index in [1.54, 1.807) is 17.0 Å². The van der Waals surface area contributed by atoms with E-state index in [4.69, 9.17) is 0 Å². The number of anilines is 1. The molecule has 0 bridgehead atoms. The molecule has 29 heavy (non-hydrogen) atoms. The van der Waals surface area contributed by atoms with Crippen molar-refractivity contribution < 1.29 is 8.78 Å². The third kappa shape index (κ3) is 2.79. The average Bonchev–Trinajstić information content (AvgIpc) is 3.07. The monoisotopic (exact) mass is 395 g/mol. The van der Waals surface area contributed by atoms with Crippen molar-refractivity contribution >= 4 is 27.5 Å². The predicted molar refractivity (Wildman–Crippen MR) is 109 cm³/mol. The molecule has 0 amide bonds. The quantitative estimate of drug-likeness (QED) is 0.567. The SMILES string of the molecule is CN1CCN(c2c(F)cc3c(ncc4c(=O)n(-c5ccccc5)[nH]c43)c2F)CC1. The zero-order chi connectivity index (χ0) is 20.1. The van der Waals surface area contributed by atoms with Gasteiger partial charge in [0.2, 0.25) is 0 Å². The van der Waals surface area contributed by atoms with Crippen molar-refractivity contribution in [3.05, 3.63) is 64.6 Å². The van der Waals surface area contributed by atoms with Crippen LogP contribution < -0.4 is 10.5 Å². The van der Waals surface area contributed by atoms with Crippen molar-refractivity contribution in [1.82, 2.24) is 19.7 Å². The van der Waals surface area contributed by atoms with Crippen molar-refractivity contribution in [1.29, 1.82) is 0 Å². The lowest BCUT2D eigenvalue weighted by Gasteiger charge is -2.34. The summed E-state index contributed by atoms with van der Waals surface area (Å²) in [4.78, 5) is 20.8. The van der Waals surface area contributed by atoms with Crippen LogP contribution in [0.3, 0.4) is 0 Å². The Hall–Kier alpha value is -3.26. The number of aromatic nitrogens is 3. The van der Waals surface area contributed by atoms with E-state index in [9.17, 15) is 9.18 Å². The minimum absolute atomic E-state index is 0.0503. The second-order valence-electron chi connectivity index (χ2n) is 7.34. The van der Waals surface area contributed by atoms with Gasteiger partial charge in [-0.05, 0) is 25.2 Å². The largest absolute Gasteiger partial charge is 0.364 e. The summed E-state index contributed by atoms with van der Waals surface area (Å²) in [6.45, 7) is 2.55. The third-order valence-corrected chi connectivity index (χ3v) is 5.52. The molecule has 4 aromatic rings. The molecule has 0 aliphatic carbocycles. The van der Waals surface area contributed by atoms with Crippen LogP contribution in [0.25, 0.3) is 27.5 Å². The Morgan fingerprint density at radius 3 is 2.48 bits per heavy atom.